The number of hydrogen-bond donors (Lipinski definition) is 0. The zero-order valence-electron chi connectivity index (χ0n) is 11.4. The zero-order chi connectivity index (χ0) is 14.3. The van der Waals surface area contributed by atoms with E-state index in [9.17, 15) is 4.79 Å². The summed E-state index contributed by atoms with van der Waals surface area (Å²) in [5.74, 6) is -0.247. The highest BCUT2D eigenvalue weighted by Gasteiger charge is 2.31. The first kappa shape index (κ1) is 14.8. The van der Waals surface area contributed by atoms with Crippen LogP contribution in [0.5, 0.6) is 0 Å². The molecule has 0 amide bonds. The van der Waals surface area contributed by atoms with E-state index in [1.54, 1.807) is 13.0 Å². The summed E-state index contributed by atoms with van der Waals surface area (Å²) in [4.78, 5) is 11.9. The highest BCUT2D eigenvalue weighted by Crippen LogP contribution is 2.25. The van der Waals surface area contributed by atoms with Gasteiger partial charge in [-0.1, -0.05) is 24.3 Å². The lowest BCUT2D eigenvalue weighted by Crippen LogP contribution is -2.31. The van der Waals surface area contributed by atoms with Crippen LogP contribution in [0.3, 0.4) is 0 Å². The molecule has 0 atom stereocenters. The first-order chi connectivity index (χ1) is 9.02. The van der Waals surface area contributed by atoms with E-state index in [-0.39, 0.29) is 5.97 Å². The summed E-state index contributed by atoms with van der Waals surface area (Å²) in [6.45, 7) is 5.82. The van der Waals surface area contributed by atoms with Crippen molar-refractivity contribution in [1.29, 1.82) is 5.26 Å². The molecule has 0 saturated heterocycles. The molecular formula is C16H17NO2. The van der Waals surface area contributed by atoms with E-state index < -0.39 is 5.41 Å². The van der Waals surface area contributed by atoms with Crippen LogP contribution in [0, 0.1) is 11.3 Å². The van der Waals surface area contributed by atoms with Crippen molar-refractivity contribution >= 4 is 12.0 Å². The fourth-order valence-electron chi connectivity index (χ4n) is 1.62. The van der Waals surface area contributed by atoms with Crippen LogP contribution in [0.15, 0.2) is 36.1 Å². The molecule has 3 heteroatoms. The van der Waals surface area contributed by atoms with Crippen molar-refractivity contribution in [2.45, 2.75) is 26.2 Å². The number of benzene rings is 1. The Bertz CT molecular complexity index is 558. The molecular weight excluding hydrogens is 238 g/mol. The Balaban J connectivity index is 3.08. The van der Waals surface area contributed by atoms with E-state index in [1.807, 2.05) is 44.2 Å². The predicted octanol–water partition coefficient (Wildman–Crippen LogP) is 3.22. The predicted molar refractivity (Wildman–Crippen MR) is 74.3 cm³/mol. The molecule has 0 aliphatic heterocycles. The fourth-order valence-corrected chi connectivity index (χ4v) is 1.62. The number of carbonyl (C=O) groups is 1. The Morgan fingerprint density at radius 3 is 2.84 bits per heavy atom. The van der Waals surface area contributed by atoms with Gasteiger partial charge in [-0.05, 0) is 38.0 Å². The van der Waals surface area contributed by atoms with Gasteiger partial charge in [-0.2, -0.15) is 5.26 Å². The van der Waals surface area contributed by atoms with Gasteiger partial charge in [0.15, 0.2) is 0 Å². The van der Waals surface area contributed by atoms with Crippen LogP contribution in [0.4, 0.5) is 0 Å². The Morgan fingerprint density at radius 1 is 1.47 bits per heavy atom. The Kier molecular flexibility index (Phi) is 5.11. The van der Waals surface area contributed by atoms with E-state index >= 15 is 0 Å². The molecule has 0 spiro atoms. The molecule has 0 aliphatic carbocycles. The smallest absolute Gasteiger partial charge is 0.315 e. The SMILES string of the molecule is CCOC(=O)C(C)(C)c1cccc(C=C=CC#N)c1. The molecule has 0 aliphatic rings. The van der Waals surface area contributed by atoms with Gasteiger partial charge in [0.05, 0.1) is 24.2 Å². The molecule has 0 fully saturated rings. The molecule has 1 aromatic rings. The topological polar surface area (TPSA) is 50.1 Å². The van der Waals surface area contributed by atoms with Crippen molar-refractivity contribution in [2.75, 3.05) is 6.61 Å². The second kappa shape index (κ2) is 6.58. The van der Waals surface area contributed by atoms with Gasteiger partial charge >= 0.3 is 5.97 Å². The summed E-state index contributed by atoms with van der Waals surface area (Å²) in [5, 5.41) is 8.41. The summed E-state index contributed by atoms with van der Waals surface area (Å²) in [5.41, 5.74) is 3.83. The van der Waals surface area contributed by atoms with Crippen molar-refractivity contribution in [3.8, 4) is 6.07 Å². The first-order valence-corrected chi connectivity index (χ1v) is 6.10. The summed E-state index contributed by atoms with van der Waals surface area (Å²) < 4.78 is 5.09. The van der Waals surface area contributed by atoms with Gasteiger partial charge in [0.25, 0.3) is 0 Å². The summed E-state index contributed by atoms with van der Waals surface area (Å²) in [6.07, 6.45) is 2.98. The molecule has 3 nitrogen and oxygen atoms in total. The van der Waals surface area contributed by atoms with Crippen LogP contribution in [-0.2, 0) is 14.9 Å². The average molecular weight is 255 g/mol. The molecule has 98 valence electrons. The lowest BCUT2D eigenvalue weighted by Gasteiger charge is -2.23. The van der Waals surface area contributed by atoms with Crippen molar-refractivity contribution in [3.63, 3.8) is 0 Å². The first-order valence-electron chi connectivity index (χ1n) is 6.10. The highest BCUT2D eigenvalue weighted by atomic mass is 16.5. The number of hydrogen-bond acceptors (Lipinski definition) is 3. The monoisotopic (exact) mass is 255 g/mol. The Labute approximate surface area is 113 Å². The molecule has 1 rings (SSSR count). The molecule has 19 heavy (non-hydrogen) atoms. The second-order valence-electron chi connectivity index (χ2n) is 4.56. The van der Waals surface area contributed by atoms with E-state index in [4.69, 9.17) is 10.00 Å². The van der Waals surface area contributed by atoms with Crippen molar-refractivity contribution < 1.29 is 9.53 Å². The minimum Gasteiger partial charge on any atom is -0.465 e. The zero-order valence-corrected chi connectivity index (χ0v) is 11.4. The molecule has 1 aromatic carbocycles. The summed E-state index contributed by atoms with van der Waals surface area (Å²) >= 11 is 0. The van der Waals surface area contributed by atoms with E-state index in [0.717, 1.165) is 11.1 Å². The fraction of sp³-hybridized carbons (Fsp3) is 0.312. The van der Waals surface area contributed by atoms with Crippen LogP contribution >= 0.6 is 0 Å². The number of nitriles is 1. The number of esters is 1. The molecule has 0 aromatic heterocycles. The Morgan fingerprint density at radius 2 is 2.21 bits per heavy atom. The lowest BCUT2D eigenvalue weighted by molar-refractivity contribution is -0.148. The highest BCUT2D eigenvalue weighted by molar-refractivity contribution is 5.82. The normalized spacial score (nSPS) is 10.0. The number of nitrogens with zero attached hydrogens (tertiary/aromatic N) is 1. The van der Waals surface area contributed by atoms with Gasteiger partial charge in [0, 0.05) is 0 Å². The van der Waals surface area contributed by atoms with Crippen LogP contribution in [-0.4, -0.2) is 12.6 Å². The van der Waals surface area contributed by atoms with Gasteiger partial charge < -0.3 is 4.74 Å². The van der Waals surface area contributed by atoms with Gasteiger partial charge in [-0.25, -0.2) is 0 Å². The largest absolute Gasteiger partial charge is 0.465 e. The third-order valence-corrected chi connectivity index (χ3v) is 2.79. The van der Waals surface area contributed by atoms with E-state index in [0.29, 0.717) is 6.61 Å². The van der Waals surface area contributed by atoms with Crippen LogP contribution < -0.4 is 0 Å². The van der Waals surface area contributed by atoms with Gasteiger partial charge in [-0.3, -0.25) is 4.79 Å². The average Bonchev–Trinajstić information content (AvgIpc) is 2.39. The van der Waals surface area contributed by atoms with Crippen molar-refractivity contribution in [1.82, 2.24) is 0 Å². The molecule has 0 bridgehead atoms. The molecule has 0 unspecified atom stereocenters. The van der Waals surface area contributed by atoms with Crippen molar-refractivity contribution in [3.05, 3.63) is 47.2 Å². The minimum atomic E-state index is -0.696. The van der Waals surface area contributed by atoms with E-state index in [1.165, 1.54) is 6.08 Å². The van der Waals surface area contributed by atoms with Gasteiger partial charge in [0.2, 0.25) is 0 Å². The molecule has 0 N–H and O–H groups in total. The number of ether oxygens (including phenoxy) is 1. The Hall–Kier alpha value is -2.30. The van der Waals surface area contributed by atoms with Crippen molar-refractivity contribution in [2.24, 2.45) is 0 Å². The van der Waals surface area contributed by atoms with Gasteiger partial charge in [0.1, 0.15) is 0 Å². The maximum absolute atomic E-state index is 11.9. The maximum Gasteiger partial charge on any atom is 0.315 e. The number of rotatable bonds is 4. The number of carbonyl (C=O) groups excluding carboxylic acids is 1. The molecule has 0 heterocycles. The lowest BCUT2D eigenvalue weighted by atomic mass is 9.84. The summed E-state index contributed by atoms with van der Waals surface area (Å²) in [6, 6.07) is 9.43. The maximum atomic E-state index is 11.9. The van der Waals surface area contributed by atoms with Gasteiger partial charge in [-0.15, -0.1) is 5.73 Å². The molecule has 0 saturated carbocycles. The van der Waals surface area contributed by atoms with Crippen LogP contribution in [0.25, 0.3) is 6.08 Å². The second-order valence-corrected chi connectivity index (χ2v) is 4.56. The third kappa shape index (κ3) is 3.84. The molecule has 0 radical (unpaired) electrons. The standard InChI is InChI=1S/C16H17NO2/c1-4-19-15(18)16(2,3)14-10-7-9-13(12-14)8-5-6-11-17/h6-10,12H,4H2,1-3H3. The summed E-state index contributed by atoms with van der Waals surface area (Å²) in [7, 11) is 0. The van der Waals surface area contributed by atoms with Crippen LogP contribution in [0.2, 0.25) is 0 Å². The van der Waals surface area contributed by atoms with Crippen LogP contribution in [0.1, 0.15) is 31.9 Å². The minimum absolute atomic E-state index is 0.247. The number of allylic oxidation sites excluding steroid dienone is 1. The quantitative estimate of drug-likeness (QED) is 0.471. The third-order valence-electron chi connectivity index (χ3n) is 2.79. The van der Waals surface area contributed by atoms with E-state index in [2.05, 4.69) is 5.73 Å².